The van der Waals surface area contributed by atoms with E-state index in [9.17, 15) is 8.78 Å². The van der Waals surface area contributed by atoms with Crippen LogP contribution < -0.4 is 10.1 Å². The molecule has 0 amide bonds. The molecule has 1 saturated heterocycles. The molecule has 1 aromatic heterocycles. The number of rotatable bonds is 5. The van der Waals surface area contributed by atoms with E-state index in [0.29, 0.717) is 12.0 Å². The SMILES string of the molecule is CCc1cc(F)cc(F)c1OC(c1cccnc1)[C@H]1CCNC1. The lowest BCUT2D eigenvalue weighted by Crippen LogP contribution is -2.22. The smallest absolute Gasteiger partial charge is 0.168 e. The molecule has 1 aliphatic heterocycles. The highest BCUT2D eigenvalue weighted by Gasteiger charge is 2.29. The van der Waals surface area contributed by atoms with Crippen LogP contribution in [-0.2, 0) is 6.42 Å². The van der Waals surface area contributed by atoms with Crippen molar-refractivity contribution in [2.45, 2.75) is 25.9 Å². The number of pyridine rings is 1. The van der Waals surface area contributed by atoms with Gasteiger partial charge in [0, 0.05) is 36.5 Å². The van der Waals surface area contributed by atoms with Gasteiger partial charge in [-0.25, -0.2) is 8.78 Å². The molecule has 1 fully saturated rings. The number of aromatic nitrogens is 1. The minimum atomic E-state index is -0.651. The first-order chi connectivity index (χ1) is 11.2. The molecule has 0 radical (unpaired) electrons. The number of hydrogen-bond acceptors (Lipinski definition) is 3. The molecule has 122 valence electrons. The summed E-state index contributed by atoms with van der Waals surface area (Å²) in [6.07, 6.45) is 4.60. The Morgan fingerprint density at radius 1 is 1.39 bits per heavy atom. The predicted molar refractivity (Wildman–Crippen MR) is 84.3 cm³/mol. The van der Waals surface area contributed by atoms with Gasteiger partial charge in [0.25, 0.3) is 0 Å². The Bertz CT molecular complexity index is 658. The summed E-state index contributed by atoms with van der Waals surface area (Å²) in [5, 5.41) is 3.31. The summed E-state index contributed by atoms with van der Waals surface area (Å²) in [7, 11) is 0. The Labute approximate surface area is 134 Å². The van der Waals surface area contributed by atoms with Crippen LogP contribution in [0.15, 0.2) is 36.7 Å². The van der Waals surface area contributed by atoms with Crippen LogP contribution in [0.5, 0.6) is 5.75 Å². The lowest BCUT2D eigenvalue weighted by molar-refractivity contribution is 0.136. The molecule has 0 bridgehead atoms. The zero-order valence-corrected chi connectivity index (χ0v) is 13.1. The fourth-order valence-electron chi connectivity index (χ4n) is 3.05. The van der Waals surface area contributed by atoms with Gasteiger partial charge in [0.2, 0.25) is 0 Å². The van der Waals surface area contributed by atoms with Gasteiger partial charge < -0.3 is 10.1 Å². The van der Waals surface area contributed by atoms with Gasteiger partial charge in [-0.05, 0) is 37.1 Å². The van der Waals surface area contributed by atoms with Gasteiger partial charge in [0.05, 0.1) is 0 Å². The van der Waals surface area contributed by atoms with Crippen LogP contribution in [0.2, 0.25) is 0 Å². The van der Waals surface area contributed by atoms with E-state index in [1.807, 2.05) is 19.1 Å². The van der Waals surface area contributed by atoms with Crippen molar-refractivity contribution in [3.8, 4) is 5.75 Å². The Kier molecular flexibility index (Phi) is 4.86. The largest absolute Gasteiger partial charge is 0.482 e. The van der Waals surface area contributed by atoms with Crippen LogP contribution in [0, 0.1) is 17.6 Å². The van der Waals surface area contributed by atoms with Crippen LogP contribution in [0.4, 0.5) is 8.78 Å². The quantitative estimate of drug-likeness (QED) is 0.914. The highest BCUT2D eigenvalue weighted by molar-refractivity contribution is 5.36. The minimum Gasteiger partial charge on any atom is -0.482 e. The zero-order chi connectivity index (χ0) is 16.2. The summed E-state index contributed by atoms with van der Waals surface area (Å²) in [5.74, 6) is -0.850. The molecule has 2 atom stereocenters. The standard InChI is InChI=1S/C18H20F2N2O/c1-2-12-8-15(19)9-16(20)18(12)23-17(14-5-7-22-11-14)13-4-3-6-21-10-13/h3-4,6,8-10,14,17,22H,2,5,7,11H2,1H3/t14-,17?/m0/s1. The molecule has 5 heteroatoms. The molecule has 3 nitrogen and oxygen atoms in total. The molecule has 23 heavy (non-hydrogen) atoms. The van der Waals surface area contributed by atoms with E-state index in [1.54, 1.807) is 12.4 Å². The average molecular weight is 318 g/mol. The van der Waals surface area contributed by atoms with Crippen molar-refractivity contribution in [3.63, 3.8) is 0 Å². The van der Waals surface area contributed by atoms with Crippen molar-refractivity contribution in [2.75, 3.05) is 13.1 Å². The van der Waals surface area contributed by atoms with E-state index in [4.69, 9.17) is 4.74 Å². The van der Waals surface area contributed by atoms with Gasteiger partial charge in [-0.3, -0.25) is 4.98 Å². The molecule has 1 unspecified atom stereocenters. The summed E-state index contributed by atoms with van der Waals surface area (Å²) < 4.78 is 33.8. The Morgan fingerprint density at radius 3 is 2.91 bits per heavy atom. The number of nitrogens with one attached hydrogen (secondary N) is 1. The Balaban J connectivity index is 1.96. The summed E-state index contributed by atoms with van der Waals surface area (Å²) >= 11 is 0. The third kappa shape index (κ3) is 3.50. The molecular formula is C18H20F2N2O. The molecular weight excluding hydrogens is 298 g/mol. The molecule has 1 aromatic carbocycles. The number of halogens is 2. The van der Waals surface area contributed by atoms with Crippen molar-refractivity contribution in [2.24, 2.45) is 5.92 Å². The highest BCUT2D eigenvalue weighted by atomic mass is 19.1. The van der Waals surface area contributed by atoms with Gasteiger partial charge in [-0.2, -0.15) is 0 Å². The van der Waals surface area contributed by atoms with E-state index < -0.39 is 11.6 Å². The van der Waals surface area contributed by atoms with Crippen molar-refractivity contribution < 1.29 is 13.5 Å². The number of benzene rings is 1. The fraction of sp³-hybridized carbons (Fsp3) is 0.389. The van der Waals surface area contributed by atoms with E-state index >= 15 is 0 Å². The number of nitrogens with zero attached hydrogens (tertiary/aromatic N) is 1. The number of aryl methyl sites for hydroxylation is 1. The fourth-order valence-corrected chi connectivity index (χ4v) is 3.05. The third-order valence-electron chi connectivity index (χ3n) is 4.25. The normalized spacial score (nSPS) is 18.8. The van der Waals surface area contributed by atoms with E-state index in [2.05, 4.69) is 10.3 Å². The molecule has 0 aliphatic carbocycles. The van der Waals surface area contributed by atoms with Gasteiger partial charge >= 0.3 is 0 Å². The molecule has 0 spiro atoms. The topological polar surface area (TPSA) is 34.1 Å². The second kappa shape index (κ2) is 7.04. The number of hydrogen-bond donors (Lipinski definition) is 1. The lowest BCUT2D eigenvalue weighted by atomic mass is 9.95. The lowest BCUT2D eigenvalue weighted by Gasteiger charge is -2.26. The maximum Gasteiger partial charge on any atom is 0.168 e. The van der Waals surface area contributed by atoms with Gasteiger partial charge in [0.15, 0.2) is 11.6 Å². The van der Waals surface area contributed by atoms with Crippen LogP contribution >= 0.6 is 0 Å². The molecule has 1 aliphatic rings. The highest BCUT2D eigenvalue weighted by Crippen LogP contribution is 2.35. The van der Waals surface area contributed by atoms with E-state index in [1.165, 1.54) is 6.07 Å². The van der Waals surface area contributed by atoms with E-state index in [-0.39, 0.29) is 17.8 Å². The third-order valence-corrected chi connectivity index (χ3v) is 4.25. The first kappa shape index (κ1) is 15.9. The summed E-state index contributed by atoms with van der Waals surface area (Å²) in [6, 6.07) is 5.99. The van der Waals surface area contributed by atoms with Crippen LogP contribution in [0.25, 0.3) is 0 Å². The Hall–Kier alpha value is -2.01. The Morgan fingerprint density at radius 2 is 2.26 bits per heavy atom. The minimum absolute atomic E-state index is 0.148. The molecule has 0 saturated carbocycles. The summed E-state index contributed by atoms with van der Waals surface area (Å²) in [6.45, 7) is 3.58. The molecule has 1 N–H and O–H groups in total. The van der Waals surface area contributed by atoms with Gasteiger partial charge in [0.1, 0.15) is 11.9 Å². The van der Waals surface area contributed by atoms with Crippen LogP contribution in [0.1, 0.15) is 30.6 Å². The second-order valence-corrected chi connectivity index (χ2v) is 5.81. The van der Waals surface area contributed by atoms with Crippen molar-refractivity contribution in [1.29, 1.82) is 0 Å². The molecule has 2 aromatic rings. The van der Waals surface area contributed by atoms with Gasteiger partial charge in [-0.1, -0.05) is 13.0 Å². The maximum absolute atomic E-state index is 14.3. The van der Waals surface area contributed by atoms with Gasteiger partial charge in [-0.15, -0.1) is 0 Å². The van der Waals surface area contributed by atoms with Crippen molar-refractivity contribution in [1.82, 2.24) is 10.3 Å². The molecule has 2 heterocycles. The zero-order valence-electron chi connectivity index (χ0n) is 13.1. The number of ether oxygens (including phenoxy) is 1. The van der Waals surface area contributed by atoms with Crippen molar-refractivity contribution in [3.05, 3.63) is 59.4 Å². The predicted octanol–water partition coefficient (Wildman–Crippen LogP) is 3.65. The second-order valence-electron chi connectivity index (χ2n) is 5.81. The summed E-state index contributed by atoms with van der Waals surface area (Å²) in [4.78, 5) is 4.14. The van der Waals surface area contributed by atoms with Crippen LogP contribution in [0.3, 0.4) is 0 Å². The average Bonchev–Trinajstić information content (AvgIpc) is 3.08. The van der Waals surface area contributed by atoms with Crippen LogP contribution in [-0.4, -0.2) is 18.1 Å². The monoisotopic (exact) mass is 318 g/mol. The summed E-state index contributed by atoms with van der Waals surface area (Å²) in [5.41, 5.74) is 1.45. The molecule has 3 rings (SSSR count). The maximum atomic E-state index is 14.3. The van der Waals surface area contributed by atoms with Crippen molar-refractivity contribution >= 4 is 0 Å². The van der Waals surface area contributed by atoms with E-state index in [0.717, 1.165) is 31.1 Å². The first-order valence-corrected chi connectivity index (χ1v) is 7.94. The first-order valence-electron chi connectivity index (χ1n) is 7.94.